The molecule has 0 unspecified atom stereocenters. The molecule has 0 saturated heterocycles. The fourth-order valence-corrected chi connectivity index (χ4v) is 2.11. The fraction of sp³-hybridized carbons (Fsp3) is 0.600. The van der Waals surface area contributed by atoms with E-state index in [1.807, 2.05) is 25.8 Å². The van der Waals surface area contributed by atoms with Crippen molar-refractivity contribution in [1.82, 2.24) is 0 Å². The highest BCUT2D eigenvalue weighted by atomic mass is 32.1. The van der Waals surface area contributed by atoms with E-state index in [-0.39, 0.29) is 16.7 Å². The third kappa shape index (κ3) is 3.46. The van der Waals surface area contributed by atoms with Gasteiger partial charge in [0.05, 0.1) is 17.6 Å². The van der Waals surface area contributed by atoms with Crippen molar-refractivity contribution < 1.29 is 9.66 Å². The number of likely N-dealkylation sites (N-methyl/N-ethyl adjacent to an activating group) is 1. The van der Waals surface area contributed by atoms with Gasteiger partial charge in [-0.2, -0.15) is 0 Å². The van der Waals surface area contributed by atoms with Crippen molar-refractivity contribution in [1.29, 1.82) is 0 Å². The third-order valence-electron chi connectivity index (χ3n) is 2.05. The maximum Gasteiger partial charge on any atom is 0.303 e. The van der Waals surface area contributed by atoms with E-state index in [1.54, 1.807) is 5.38 Å². The summed E-state index contributed by atoms with van der Waals surface area (Å²) in [5.74, 6) is 0. The van der Waals surface area contributed by atoms with Crippen LogP contribution in [0.2, 0.25) is 0 Å². The molecule has 6 heteroatoms. The minimum atomic E-state index is -0.356. The van der Waals surface area contributed by atoms with Crippen LogP contribution in [0.5, 0.6) is 0 Å². The quantitative estimate of drug-likeness (QED) is 0.570. The van der Waals surface area contributed by atoms with E-state index in [4.69, 9.17) is 4.74 Å². The molecule has 5 nitrogen and oxygen atoms in total. The largest absolute Gasteiger partial charge is 0.377 e. The van der Waals surface area contributed by atoms with Gasteiger partial charge in [0, 0.05) is 19.7 Å². The number of ether oxygens (including phenoxy) is 1. The summed E-state index contributed by atoms with van der Waals surface area (Å²) in [6.07, 6.45) is 0.187. The summed E-state index contributed by atoms with van der Waals surface area (Å²) >= 11 is 1.37. The van der Waals surface area contributed by atoms with Crippen molar-refractivity contribution in [2.24, 2.45) is 0 Å². The van der Waals surface area contributed by atoms with Gasteiger partial charge in [0.15, 0.2) is 5.00 Å². The SMILES string of the molecule is CC(C)OCCN(C)c1sccc1[N+](=O)[O-]. The summed E-state index contributed by atoms with van der Waals surface area (Å²) in [6.45, 7) is 5.16. The normalized spacial score (nSPS) is 10.8. The molecule has 0 saturated carbocycles. The molecule has 0 atom stereocenters. The molecule has 0 spiro atoms. The molecule has 16 heavy (non-hydrogen) atoms. The summed E-state index contributed by atoms with van der Waals surface area (Å²) in [4.78, 5) is 12.2. The fourth-order valence-electron chi connectivity index (χ4n) is 1.25. The second-order valence-electron chi connectivity index (χ2n) is 3.71. The van der Waals surface area contributed by atoms with Gasteiger partial charge in [-0.15, -0.1) is 11.3 Å². The second-order valence-corrected chi connectivity index (χ2v) is 4.60. The summed E-state index contributed by atoms with van der Waals surface area (Å²) < 4.78 is 5.40. The highest BCUT2D eigenvalue weighted by Crippen LogP contribution is 2.32. The summed E-state index contributed by atoms with van der Waals surface area (Å²) in [5, 5.41) is 13.1. The topological polar surface area (TPSA) is 55.6 Å². The van der Waals surface area contributed by atoms with Gasteiger partial charge in [0.2, 0.25) is 0 Å². The predicted octanol–water partition coefficient (Wildman–Crippen LogP) is 2.52. The number of hydrogen-bond donors (Lipinski definition) is 0. The molecule has 0 aliphatic heterocycles. The van der Waals surface area contributed by atoms with Crippen molar-refractivity contribution in [2.45, 2.75) is 20.0 Å². The average Bonchev–Trinajstić information content (AvgIpc) is 2.65. The van der Waals surface area contributed by atoms with Crippen molar-refractivity contribution in [3.8, 4) is 0 Å². The van der Waals surface area contributed by atoms with Gasteiger partial charge < -0.3 is 9.64 Å². The summed E-state index contributed by atoms with van der Waals surface area (Å²) in [6, 6.07) is 1.53. The Kier molecular flexibility index (Phi) is 4.70. The molecule has 0 N–H and O–H groups in total. The second kappa shape index (κ2) is 5.81. The zero-order valence-electron chi connectivity index (χ0n) is 9.67. The lowest BCUT2D eigenvalue weighted by atomic mass is 10.4. The average molecular weight is 244 g/mol. The van der Waals surface area contributed by atoms with E-state index in [0.717, 1.165) is 0 Å². The molecule has 0 aliphatic carbocycles. The maximum atomic E-state index is 10.7. The Hall–Kier alpha value is -1.14. The number of anilines is 1. The van der Waals surface area contributed by atoms with E-state index in [0.29, 0.717) is 18.2 Å². The van der Waals surface area contributed by atoms with E-state index in [2.05, 4.69) is 0 Å². The molecule has 1 rings (SSSR count). The first-order valence-electron chi connectivity index (χ1n) is 5.07. The molecule has 0 radical (unpaired) electrons. The van der Waals surface area contributed by atoms with Crippen molar-refractivity contribution in [2.75, 3.05) is 25.1 Å². The van der Waals surface area contributed by atoms with E-state index in [1.165, 1.54) is 17.4 Å². The summed E-state index contributed by atoms with van der Waals surface area (Å²) in [5.41, 5.74) is 0.164. The molecular formula is C10H16N2O3S. The minimum absolute atomic E-state index is 0.164. The van der Waals surface area contributed by atoms with Crippen molar-refractivity contribution >= 4 is 22.0 Å². The number of hydrogen-bond acceptors (Lipinski definition) is 5. The lowest BCUT2D eigenvalue weighted by Gasteiger charge is -2.17. The van der Waals surface area contributed by atoms with Crippen LogP contribution >= 0.6 is 11.3 Å². The smallest absolute Gasteiger partial charge is 0.303 e. The zero-order valence-corrected chi connectivity index (χ0v) is 10.5. The molecule has 1 aromatic rings. The van der Waals surface area contributed by atoms with Crippen molar-refractivity contribution in [3.05, 3.63) is 21.6 Å². The highest BCUT2D eigenvalue weighted by molar-refractivity contribution is 7.14. The molecule has 90 valence electrons. The van der Waals surface area contributed by atoms with Crippen LogP contribution in [-0.2, 0) is 4.74 Å². The lowest BCUT2D eigenvalue weighted by molar-refractivity contribution is -0.383. The van der Waals surface area contributed by atoms with Gasteiger partial charge >= 0.3 is 5.69 Å². The van der Waals surface area contributed by atoms with Gasteiger partial charge in [-0.3, -0.25) is 10.1 Å². The lowest BCUT2D eigenvalue weighted by Crippen LogP contribution is -2.23. The highest BCUT2D eigenvalue weighted by Gasteiger charge is 2.18. The van der Waals surface area contributed by atoms with Crippen LogP contribution in [-0.4, -0.2) is 31.2 Å². The molecule has 0 aromatic carbocycles. The molecule has 1 aromatic heterocycles. The van der Waals surface area contributed by atoms with E-state index >= 15 is 0 Å². The van der Waals surface area contributed by atoms with Gasteiger partial charge in [0.25, 0.3) is 0 Å². The van der Waals surface area contributed by atoms with Crippen LogP contribution in [0, 0.1) is 10.1 Å². The number of nitro groups is 1. The van der Waals surface area contributed by atoms with Crippen LogP contribution in [0.15, 0.2) is 11.4 Å². The van der Waals surface area contributed by atoms with Gasteiger partial charge in [-0.1, -0.05) is 0 Å². The Labute approximate surface area is 98.8 Å². The minimum Gasteiger partial charge on any atom is -0.377 e. The molecule has 0 bridgehead atoms. The molecule has 0 amide bonds. The Morgan fingerprint density at radius 1 is 1.62 bits per heavy atom. The Morgan fingerprint density at radius 3 is 2.88 bits per heavy atom. The van der Waals surface area contributed by atoms with Crippen LogP contribution in [0.3, 0.4) is 0 Å². The standard InChI is InChI=1S/C10H16N2O3S/c1-8(2)15-6-5-11(3)10-9(12(13)14)4-7-16-10/h4,7-8H,5-6H2,1-3H3. The molecule has 1 heterocycles. The van der Waals surface area contributed by atoms with Crippen LogP contribution in [0.25, 0.3) is 0 Å². The zero-order chi connectivity index (χ0) is 12.1. The molecule has 0 fully saturated rings. The number of nitrogens with zero attached hydrogens (tertiary/aromatic N) is 2. The van der Waals surface area contributed by atoms with Gasteiger partial charge in [-0.25, -0.2) is 0 Å². The Bertz CT molecular complexity index is 352. The van der Waals surface area contributed by atoms with Crippen molar-refractivity contribution in [3.63, 3.8) is 0 Å². The number of rotatable bonds is 6. The monoisotopic (exact) mass is 244 g/mol. The molecular weight excluding hydrogens is 228 g/mol. The first-order chi connectivity index (χ1) is 7.52. The number of thiophene rings is 1. The maximum absolute atomic E-state index is 10.7. The van der Waals surface area contributed by atoms with Gasteiger partial charge in [0.1, 0.15) is 0 Å². The van der Waals surface area contributed by atoms with Gasteiger partial charge in [-0.05, 0) is 19.2 Å². The predicted molar refractivity (Wildman–Crippen MR) is 65.3 cm³/mol. The third-order valence-corrected chi connectivity index (χ3v) is 3.06. The molecule has 0 aliphatic rings. The van der Waals surface area contributed by atoms with Crippen LogP contribution < -0.4 is 4.90 Å². The van der Waals surface area contributed by atoms with Crippen LogP contribution in [0.4, 0.5) is 10.7 Å². The van der Waals surface area contributed by atoms with Crippen LogP contribution in [0.1, 0.15) is 13.8 Å². The first kappa shape index (κ1) is 12.9. The van der Waals surface area contributed by atoms with E-state index < -0.39 is 0 Å². The Morgan fingerprint density at radius 2 is 2.31 bits per heavy atom. The van der Waals surface area contributed by atoms with E-state index in [9.17, 15) is 10.1 Å². The first-order valence-corrected chi connectivity index (χ1v) is 5.95. The summed E-state index contributed by atoms with van der Waals surface area (Å²) in [7, 11) is 1.84. The Balaban J connectivity index is 2.55.